The van der Waals surface area contributed by atoms with Gasteiger partial charge in [0.1, 0.15) is 0 Å². The number of benzene rings is 1. The molecule has 0 aliphatic carbocycles. The van der Waals surface area contributed by atoms with E-state index in [0.717, 1.165) is 0 Å². The van der Waals surface area contributed by atoms with Crippen molar-refractivity contribution in [2.75, 3.05) is 12.0 Å². The van der Waals surface area contributed by atoms with Gasteiger partial charge in [-0.15, -0.1) is 0 Å². The summed E-state index contributed by atoms with van der Waals surface area (Å²) in [6, 6.07) is 4.75. The van der Waals surface area contributed by atoms with Crippen molar-refractivity contribution >= 4 is 28.6 Å². The Morgan fingerprint density at radius 1 is 1.25 bits per heavy atom. The van der Waals surface area contributed by atoms with Crippen molar-refractivity contribution in [2.24, 2.45) is 0 Å². The number of imide groups is 1. The first-order chi connectivity index (χ1) is 9.43. The van der Waals surface area contributed by atoms with Gasteiger partial charge in [0.05, 0.1) is 23.1 Å². The number of hydrogen-bond acceptors (Lipinski definition) is 5. The molecular formula is C13H12NO5S-. The summed E-state index contributed by atoms with van der Waals surface area (Å²) in [5.41, 5.74) is 0.364. The molecule has 0 aromatic heterocycles. The van der Waals surface area contributed by atoms with Gasteiger partial charge in [-0.2, -0.15) is 0 Å². The van der Waals surface area contributed by atoms with Crippen LogP contribution < -0.4 is 5.11 Å². The zero-order chi connectivity index (χ0) is 14.9. The summed E-state index contributed by atoms with van der Waals surface area (Å²) in [5.74, 6) is -2.75. The van der Waals surface area contributed by atoms with E-state index in [9.17, 15) is 23.7 Å². The van der Waals surface area contributed by atoms with Gasteiger partial charge in [-0.05, 0) is 18.6 Å². The highest BCUT2D eigenvalue weighted by Gasteiger charge is 2.40. The van der Waals surface area contributed by atoms with Crippen LogP contribution in [0.3, 0.4) is 0 Å². The summed E-state index contributed by atoms with van der Waals surface area (Å²) in [6.07, 6.45) is 1.34. The van der Waals surface area contributed by atoms with Gasteiger partial charge >= 0.3 is 0 Å². The largest absolute Gasteiger partial charge is 0.548 e. The molecule has 0 saturated carbocycles. The molecule has 0 fully saturated rings. The lowest BCUT2D eigenvalue weighted by atomic mass is 10.1. The first-order valence-corrected chi connectivity index (χ1v) is 7.64. The highest BCUT2D eigenvalue weighted by Crippen LogP contribution is 2.25. The molecule has 0 bridgehead atoms. The summed E-state index contributed by atoms with van der Waals surface area (Å²) in [4.78, 5) is 36.1. The van der Waals surface area contributed by atoms with Crippen molar-refractivity contribution in [1.29, 1.82) is 0 Å². The molecule has 1 aliphatic heterocycles. The fraction of sp³-hybridized carbons (Fsp3) is 0.308. The number of carboxylic acids is 1. The SMILES string of the molecule is CS(=O)CCC(C(=O)[O-])N1C(=O)c2ccccc2C1=O. The topological polar surface area (TPSA) is 94.6 Å². The minimum absolute atomic E-state index is 0.0754. The summed E-state index contributed by atoms with van der Waals surface area (Å²) in [6.45, 7) is 0. The van der Waals surface area contributed by atoms with Gasteiger partial charge < -0.3 is 9.90 Å². The summed E-state index contributed by atoms with van der Waals surface area (Å²) < 4.78 is 11.1. The molecule has 2 rings (SSSR count). The number of hydrogen-bond donors (Lipinski definition) is 0. The van der Waals surface area contributed by atoms with Gasteiger partial charge in [-0.3, -0.25) is 18.7 Å². The highest BCUT2D eigenvalue weighted by molar-refractivity contribution is 7.84. The van der Waals surface area contributed by atoms with Crippen molar-refractivity contribution < 1.29 is 23.7 Å². The van der Waals surface area contributed by atoms with E-state index in [1.807, 2.05) is 0 Å². The lowest BCUT2D eigenvalue weighted by molar-refractivity contribution is -0.310. The predicted octanol–water partition coefficient (Wildman–Crippen LogP) is -0.830. The number of nitrogens with zero attached hydrogens (tertiary/aromatic N) is 1. The molecule has 0 radical (unpaired) electrons. The van der Waals surface area contributed by atoms with Crippen LogP contribution in [0.25, 0.3) is 0 Å². The Hall–Kier alpha value is -2.02. The van der Waals surface area contributed by atoms with Crippen molar-refractivity contribution in [3.63, 3.8) is 0 Å². The standard InChI is InChI=1S/C13H13NO5S/c1-20(19)7-6-10(13(17)18)14-11(15)8-4-2-3-5-9(8)12(14)16/h2-5,10H,6-7H2,1H3,(H,17,18)/p-1. The second-order valence-corrected chi connectivity index (χ2v) is 5.98. The molecule has 106 valence electrons. The van der Waals surface area contributed by atoms with Crippen LogP contribution in [-0.2, 0) is 15.6 Å². The van der Waals surface area contributed by atoms with E-state index >= 15 is 0 Å². The number of carbonyl (C=O) groups excluding carboxylic acids is 3. The second-order valence-electron chi connectivity index (χ2n) is 4.43. The van der Waals surface area contributed by atoms with Crippen LogP contribution in [0.15, 0.2) is 24.3 Å². The maximum atomic E-state index is 12.1. The zero-order valence-electron chi connectivity index (χ0n) is 10.7. The Bertz CT molecular complexity index is 578. The third-order valence-electron chi connectivity index (χ3n) is 3.09. The lowest BCUT2D eigenvalue weighted by Gasteiger charge is -2.26. The number of carboxylic acid groups (broad SMARTS) is 1. The highest BCUT2D eigenvalue weighted by atomic mass is 32.2. The zero-order valence-corrected chi connectivity index (χ0v) is 11.5. The monoisotopic (exact) mass is 294 g/mol. The first-order valence-electron chi connectivity index (χ1n) is 5.91. The third kappa shape index (κ3) is 2.49. The van der Waals surface area contributed by atoms with Crippen molar-refractivity contribution in [3.8, 4) is 0 Å². The van der Waals surface area contributed by atoms with Crippen molar-refractivity contribution in [2.45, 2.75) is 12.5 Å². The van der Waals surface area contributed by atoms with Gasteiger partial charge in [0.2, 0.25) is 0 Å². The molecular weight excluding hydrogens is 282 g/mol. The molecule has 1 aromatic carbocycles. The quantitative estimate of drug-likeness (QED) is 0.661. The van der Waals surface area contributed by atoms with Crippen LogP contribution in [0.4, 0.5) is 0 Å². The Balaban J connectivity index is 2.32. The Morgan fingerprint density at radius 2 is 1.75 bits per heavy atom. The Morgan fingerprint density at radius 3 is 2.15 bits per heavy atom. The maximum Gasteiger partial charge on any atom is 0.262 e. The van der Waals surface area contributed by atoms with Crippen LogP contribution in [0.1, 0.15) is 27.1 Å². The lowest BCUT2D eigenvalue weighted by Crippen LogP contribution is -2.51. The van der Waals surface area contributed by atoms with Crippen molar-refractivity contribution in [3.05, 3.63) is 35.4 Å². The molecule has 2 atom stereocenters. The van der Waals surface area contributed by atoms with E-state index < -0.39 is 34.6 Å². The number of amides is 2. The third-order valence-corrected chi connectivity index (χ3v) is 3.90. The van der Waals surface area contributed by atoms with Crippen LogP contribution in [-0.4, -0.2) is 44.9 Å². The molecule has 1 aromatic rings. The molecule has 1 heterocycles. The average molecular weight is 294 g/mol. The van der Waals surface area contributed by atoms with Gasteiger partial charge in [0.25, 0.3) is 11.8 Å². The van der Waals surface area contributed by atoms with E-state index in [2.05, 4.69) is 0 Å². The van der Waals surface area contributed by atoms with Gasteiger partial charge in [0, 0.05) is 22.8 Å². The maximum absolute atomic E-state index is 12.1. The number of carbonyl (C=O) groups is 3. The Kier molecular flexibility index (Phi) is 3.99. The normalized spacial score (nSPS) is 16.9. The van der Waals surface area contributed by atoms with E-state index in [1.54, 1.807) is 12.1 Å². The minimum Gasteiger partial charge on any atom is -0.548 e. The van der Waals surface area contributed by atoms with E-state index in [0.29, 0.717) is 4.90 Å². The molecule has 1 aliphatic rings. The second kappa shape index (κ2) is 5.54. The first kappa shape index (κ1) is 14.4. The molecule has 0 saturated heterocycles. The van der Waals surface area contributed by atoms with Crippen LogP contribution in [0, 0.1) is 0 Å². The van der Waals surface area contributed by atoms with E-state index in [-0.39, 0.29) is 23.3 Å². The fourth-order valence-electron chi connectivity index (χ4n) is 2.12. The molecule has 0 N–H and O–H groups in total. The van der Waals surface area contributed by atoms with Gasteiger partial charge in [-0.1, -0.05) is 12.1 Å². The summed E-state index contributed by atoms with van der Waals surface area (Å²) >= 11 is 0. The van der Waals surface area contributed by atoms with Crippen molar-refractivity contribution in [1.82, 2.24) is 4.90 Å². The molecule has 6 nitrogen and oxygen atoms in total. The summed E-state index contributed by atoms with van der Waals surface area (Å²) in [7, 11) is -1.22. The minimum atomic E-state index is -1.52. The Labute approximate surface area is 117 Å². The molecule has 7 heteroatoms. The smallest absolute Gasteiger partial charge is 0.262 e. The summed E-state index contributed by atoms with van der Waals surface area (Å²) in [5, 5.41) is 11.2. The number of aliphatic carboxylic acids is 1. The van der Waals surface area contributed by atoms with Crippen LogP contribution >= 0.6 is 0 Å². The van der Waals surface area contributed by atoms with E-state index in [1.165, 1.54) is 18.4 Å². The molecule has 2 unspecified atom stereocenters. The molecule has 20 heavy (non-hydrogen) atoms. The number of fused-ring (bicyclic) bond motifs is 1. The fourth-order valence-corrected chi connectivity index (χ4v) is 2.68. The molecule has 2 amide bonds. The predicted molar refractivity (Wildman–Crippen MR) is 69.3 cm³/mol. The van der Waals surface area contributed by atoms with E-state index in [4.69, 9.17) is 0 Å². The number of rotatable bonds is 5. The van der Waals surface area contributed by atoms with Crippen LogP contribution in [0.5, 0.6) is 0 Å². The van der Waals surface area contributed by atoms with Crippen LogP contribution in [0.2, 0.25) is 0 Å². The average Bonchev–Trinajstić information content (AvgIpc) is 2.64. The van der Waals surface area contributed by atoms with Gasteiger partial charge in [0.15, 0.2) is 0 Å². The molecule has 0 spiro atoms. The van der Waals surface area contributed by atoms with Gasteiger partial charge in [-0.25, -0.2) is 0 Å².